The Kier molecular flexibility index (Phi) is 4.92. The van der Waals surface area contributed by atoms with Crippen molar-refractivity contribution in [2.75, 3.05) is 13.7 Å². The van der Waals surface area contributed by atoms with Gasteiger partial charge in [-0.25, -0.2) is 13.8 Å². The van der Waals surface area contributed by atoms with E-state index in [9.17, 15) is 18.4 Å². The average molecular weight is 359 g/mol. The molecule has 1 aromatic heterocycles. The number of carbonyl (C=O) groups excluding carboxylic acids is 1. The summed E-state index contributed by atoms with van der Waals surface area (Å²) in [4.78, 5) is 31.1. The lowest BCUT2D eigenvalue weighted by Crippen LogP contribution is -2.28. The van der Waals surface area contributed by atoms with E-state index < -0.39 is 23.1 Å². The molecule has 0 spiro atoms. The molecule has 1 amide bonds. The van der Waals surface area contributed by atoms with Crippen molar-refractivity contribution in [3.63, 3.8) is 0 Å². The van der Waals surface area contributed by atoms with E-state index in [0.29, 0.717) is 16.7 Å². The maximum atomic E-state index is 13.9. The van der Waals surface area contributed by atoms with Gasteiger partial charge in [0.15, 0.2) is 11.6 Å². The minimum absolute atomic E-state index is 0.0687. The summed E-state index contributed by atoms with van der Waals surface area (Å²) in [6.45, 7) is 0.0687. The van der Waals surface area contributed by atoms with Crippen LogP contribution in [0.3, 0.4) is 0 Å². The zero-order valence-electron chi connectivity index (χ0n) is 13.8. The van der Waals surface area contributed by atoms with Crippen LogP contribution < -0.4 is 15.6 Å². The lowest BCUT2D eigenvalue weighted by molar-refractivity contribution is 0.0945. The second kappa shape index (κ2) is 7.30. The number of aromatic amines is 1. The Balaban J connectivity index is 1.74. The number of nitrogens with one attached hydrogen (secondary N) is 2. The van der Waals surface area contributed by atoms with Gasteiger partial charge < -0.3 is 15.0 Å². The fraction of sp³-hybridized carbons (Fsp3) is 0.167. The lowest BCUT2D eigenvalue weighted by atomic mass is 10.1. The number of benzene rings is 2. The molecule has 0 atom stereocenters. The quantitative estimate of drug-likeness (QED) is 0.731. The fourth-order valence-electron chi connectivity index (χ4n) is 2.55. The van der Waals surface area contributed by atoms with Crippen LogP contribution in [0, 0.1) is 11.6 Å². The van der Waals surface area contributed by atoms with E-state index >= 15 is 0 Å². The molecule has 3 aromatic rings. The van der Waals surface area contributed by atoms with Crippen LogP contribution in [0.5, 0.6) is 5.75 Å². The number of halogens is 2. The zero-order valence-corrected chi connectivity index (χ0v) is 13.8. The molecule has 0 bridgehead atoms. The van der Waals surface area contributed by atoms with Crippen LogP contribution in [0.1, 0.15) is 16.2 Å². The SMILES string of the molecule is COc1ccc(F)c(F)c1C(=O)NCCc1nc2ccccc2c(=O)[nH]1. The first-order chi connectivity index (χ1) is 12.5. The predicted octanol–water partition coefficient (Wildman–Crippen LogP) is 2.18. The summed E-state index contributed by atoms with van der Waals surface area (Å²) in [6, 6.07) is 8.93. The largest absolute Gasteiger partial charge is 0.496 e. The minimum atomic E-state index is -1.28. The third-order valence-electron chi connectivity index (χ3n) is 3.81. The van der Waals surface area contributed by atoms with Crippen LogP contribution >= 0.6 is 0 Å². The molecule has 2 aromatic carbocycles. The van der Waals surface area contributed by atoms with Crippen LogP contribution in [0.2, 0.25) is 0 Å². The highest BCUT2D eigenvalue weighted by atomic mass is 19.2. The Hall–Kier alpha value is -3.29. The van der Waals surface area contributed by atoms with Crippen LogP contribution in [0.15, 0.2) is 41.2 Å². The van der Waals surface area contributed by atoms with Crippen molar-refractivity contribution >= 4 is 16.8 Å². The van der Waals surface area contributed by atoms with Gasteiger partial charge >= 0.3 is 0 Å². The van der Waals surface area contributed by atoms with Gasteiger partial charge in [-0.1, -0.05) is 12.1 Å². The number of rotatable bonds is 5. The van der Waals surface area contributed by atoms with Crippen molar-refractivity contribution in [3.8, 4) is 5.75 Å². The molecule has 2 N–H and O–H groups in total. The molecule has 3 rings (SSSR count). The Bertz CT molecular complexity index is 1030. The van der Waals surface area contributed by atoms with E-state index in [1.54, 1.807) is 24.3 Å². The third-order valence-corrected chi connectivity index (χ3v) is 3.81. The van der Waals surface area contributed by atoms with Crippen LogP contribution in [-0.2, 0) is 6.42 Å². The Morgan fingerprint density at radius 1 is 1.23 bits per heavy atom. The van der Waals surface area contributed by atoms with E-state index in [0.717, 1.165) is 6.07 Å². The van der Waals surface area contributed by atoms with Crippen molar-refractivity contribution in [3.05, 3.63) is 69.8 Å². The number of para-hydroxylation sites is 1. The molecular formula is C18H15F2N3O3. The van der Waals surface area contributed by atoms with E-state index in [4.69, 9.17) is 4.74 Å². The molecule has 0 fully saturated rings. The van der Waals surface area contributed by atoms with Gasteiger partial charge in [0.1, 0.15) is 17.1 Å². The summed E-state index contributed by atoms with van der Waals surface area (Å²) >= 11 is 0. The number of carbonyl (C=O) groups is 1. The molecule has 1 heterocycles. The number of ether oxygens (including phenoxy) is 1. The van der Waals surface area contributed by atoms with Crippen molar-refractivity contribution in [2.45, 2.75) is 6.42 Å². The second-order valence-electron chi connectivity index (χ2n) is 5.47. The molecule has 0 saturated heterocycles. The number of fused-ring (bicyclic) bond motifs is 1. The van der Waals surface area contributed by atoms with Crippen molar-refractivity contribution in [1.82, 2.24) is 15.3 Å². The minimum Gasteiger partial charge on any atom is -0.496 e. The van der Waals surface area contributed by atoms with Crippen molar-refractivity contribution in [1.29, 1.82) is 0 Å². The Morgan fingerprint density at radius 3 is 2.77 bits per heavy atom. The van der Waals surface area contributed by atoms with E-state index in [-0.39, 0.29) is 24.3 Å². The van der Waals surface area contributed by atoms with Gasteiger partial charge in [0.2, 0.25) is 0 Å². The molecule has 8 heteroatoms. The molecular weight excluding hydrogens is 344 g/mol. The summed E-state index contributed by atoms with van der Waals surface area (Å²) in [5.41, 5.74) is -0.252. The number of methoxy groups -OCH3 is 1. The van der Waals surface area contributed by atoms with Gasteiger partial charge in [-0.05, 0) is 24.3 Å². The van der Waals surface area contributed by atoms with Gasteiger partial charge in [0, 0.05) is 13.0 Å². The highest BCUT2D eigenvalue weighted by Gasteiger charge is 2.21. The molecule has 0 unspecified atom stereocenters. The van der Waals surface area contributed by atoms with Gasteiger partial charge in [0.25, 0.3) is 11.5 Å². The maximum Gasteiger partial charge on any atom is 0.258 e. The third kappa shape index (κ3) is 3.39. The van der Waals surface area contributed by atoms with Crippen molar-refractivity contribution in [2.24, 2.45) is 0 Å². The van der Waals surface area contributed by atoms with Gasteiger partial charge in [-0.3, -0.25) is 9.59 Å². The van der Waals surface area contributed by atoms with Gasteiger partial charge in [-0.15, -0.1) is 0 Å². The number of aromatic nitrogens is 2. The highest BCUT2D eigenvalue weighted by molar-refractivity contribution is 5.97. The van der Waals surface area contributed by atoms with Crippen molar-refractivity contribution < 1.29 is 18.3 Å². The maximum absolute atomic E-state index is 13.9. The predicted molar refractivity (Wildman–Crippen MR) is 91.3 cm³/mol. The van der Waals surface area contributed by atoms with E-state index in [1.165, 1.54) is 13.2 Å². The number of H-pyrrole nitrogens is 1. The molecule has 0 aliphatic rings. The second-order valence-corrected chi connectivity index (χ2v) is 5.47. The summed E-state index contributed by atoms with van der Waals surface area (Å²) in [5.74, 6) is -2.93. The molecule has 0 saturated carbocycles. The summed E-state index contributed by atoms with van der Waals surface area (Å²) in [7, 11) is 1.26. The smallest absolute Gasteiger partial charge is 0.258 e. The van der Waals surface area contributed by atoms with Gasteiger partial charge in [-0.2, -0.15) is 0 Å². The molecule has 134 valence electrons. The number of nitrogens with zero attached hydrogens (tertiary/aromatic N) is 1. The first-order valence-electron chi connectivity index (χ1n) is 7.79. The Labute approximate surface area is 146 Å². The fourth-order valence-corrected chi connectivity index (χ4v) is 2.55. The monoisotopic (exact) mass is 359 g/mol. The number of hydrogen-bond acceptors (Lipinski definition) is 4. The summed E-state index contributed by atoms with van der Waals surface area (Å²) in [6.07, 6.45) is 0.213. The average Bonchev–Trinajstić information content (AvgIpc) is 2.63. The van der Waals surface area contributed by atoms with Gasteiger partial charge in [0.05, 0.1) is 18.0 Å². The zero-order chi connectivity index (χ0) is 18.7. The van der Waals surface area contributed by atoms with Crippen LogP contribution in [0.25, 0.3) is 10.9 Å². The summed E-state index contributed by atoms with van der Waals surface area (Å²) < 4.78 is 32.2. The molecule has 26 heavy (non-hydrogen) atoms. The summed E-state index contributed by atoms with van der Waals surface area (Å²) in [5, 5.41) is 2.93. The molecule has 0 aliphatic heterocycles. The molecule has 6 nitrogen and oxygen atoms in total. The first-order valence-corrected chi connectivity index (χ1v) is 7.79. The topological polar surface area (TPSA) is 84.1 Å². The number of hydrogen-bond donors (Lipinski definition) is 2. The normalized spacial score (nSPS) is 10.7. The first kappa shape index (κ1) is 17.5. The van der Waals surface area contributed by atoms with Crippen LogP contribution in [-0.4, -0.2) is 29.5 Å². The standard InChI is InChI=1S/C18H15F2N3O3/c1-26-13-7-6-11(19)16(20)15(13)18(25)21-9-8-14-22-12-5-3-2-4-10(12)17(24)23-14/h2-7H,8-9H2,1H3,(H,21,25)(H,22,23,24). The van der Waals surface area contributed by atoms with E-state index in [1.807, 2.05) is 0 Å². The van der Waals surface area contributed by atoms with E-state index in [2.05, 4.69) is 15.3 Å². The number of amides is 1. The van der Waals surface area contributed by atoms with Crippen LogP contribution in [0.4, 0.5) is 8.78 Å². The Morgan fingerprint density at radius 2 is 2.00 bits per heavy atom. The molecule has 0 radical (unpaired) electrons. The molecule has 0 aliphatic carbocycles. The highest BCUT2D eigenvalue weighted by Crippen LogP contribution is 2.23. The lowest BCUT2D eigenvalue weighted by Gasteiger charge is -2.10.